The number of para-hydroxylation sites is 1. The highest BCUT2D eigenvalue weighted by Crippen LogP contribution is 2.44. The Labute approximate surface area is 206 Å². The van der Waals surface area contributed by atoms with Crippen molar-refractivity contribution < 1.29 is 44.3 Å². The normalized spacial score (nSPS) is 22.6. The number of benzene rings is 2. The van der Waals surface area contributed by atoms with Crippen LogP contribution in [0, 0.1) is 0 Å². The van der Waals surface area contributed by atoms with Gasteiger partial charge in [-0.05, 0) is 24.3 Å². The van der Waals surface area contributed by atoms with Crippen molar-refractivity contribution in [1.82, 2.24) is 0 Å². The summed E-state index contributed by atoms with van der Waals surface area (Å²) in [5.74, 6) is -1.17. The Kier molecular flexibility index (Phi) is 6.79. The summed E-state index contributed by atoms with van der Waals surface area (Å²) in [4.78, 5) is 17.7. The van der Waals surface area contributed by atoms with Gasteiger partial charge in [0.05, 0.1) is 42.2 Å². The molecule has 2 aromatic carbocycles. The molecule has 1 amide bonds. The lowest BCUT2D eigenvalue weighted by molar-refractivity contribution is -0.143. The average Bonchev–Trinajstić information content (AvgIpc) is 3.22. The number of rotatable bonds is 4. The number of hydrogen-bond donors (Lipinski definition) is 0. The molecule has 0 aliphatic carbocycles. The second-order valence-electron chi connectivity index (χ2n) is 8.21. The van der Waals surface area contributed by atoms with Crippen LogP contribution in [0.2, 0.25) is 0 Å². The van der Waals surface area contributed by atoms with Crippen molar-refractivity contribution in [1.29, 1.82) is 0 Å². The molecule has 2 aliphatic heterocycles. The predicted molar refractivity (Wildman–Crippen MR) is 122 cm³/mol. The number of aliphatic imine (C=N–C) groups is 1. The van der Waals surface area contributed by atoms with Crippen LogP contribution in [0.1, 0.15) is 16.7 Å². The van der Waals surface area contributed by atoms with Crippen molar-refractivity contribution >= 4 is 38.4 Å². The molecule has 2 fully saturated rings. The van der Waals surface area contributed by atoms with Crippen LogP contribution in [0.3, 0.4) is 0 Å². The molecule has 2 heterocycles. The Hall–Kier alpha value is -2.74. The van der Waals surface area contributed by atoms with E-state index in [2.05, 4.69) is 4.99 Å². The number of hydrogen-bond acceptors (Lipinski definition) is 5. The summed E-state index contributed by atoms with van der Waals surface area (Å²) in [5.41, 5.74) is -3.18. The van der Waals surface area contributed by atoms with E-state index in [1.807, 2.05) is 0 Å². The maximum Gasteiger partial charge on any atom is 0.416 e. The van der Waals surface area contributed by atoms with E-state index in [4.69, 9.17) is 4.74 Å². The molecule has 2 aromatic rings. The van der Waals surface area contributed by atoms with Crippen molar-refractivity contribution in [2.75, 3.05) is 23.5 Å². The first-order valence-electron chi connectivity index (χ1n) is 10.4. The molecule has 0 aromatic heterocycles. The van der Waals surface area contributed by atoms with Crippen molar-refractivity contribution in [3.8, 4) is 5.75 Å². The number of carbonyl (C=O) groups excluding carboxylic acids is 1. The fraction of sp³-hybridized carbons (Fsp3) is 0.364. The molecular weight excluding hydrogens is 534 g/mol. The van der Waals surface area contributed by atoms with Crippen LogP contribution in [-0.2, 0) is 33.4 Å². The summed E-state index contributed by atoms with van der Waals surface area (Å²) >= 11 is 0.844. The average molecular weight is 553 g/mol. The highest BCUT2D eigenvalue weighted by atomic mass is 32.2. The fourth-order valence-corrected chi connectivity index (χ4v) is 8.03. The van der Waals surface area contributed by atoms with Crippen LogP contribution in [0.15, 0.2) is 47.5 Å². The Morgan fingerprint density at radius 3 is 2.25 bits per heavy atom. The van der Waals surface area contributed by atoms with Crippen LogP contribution in [0.4, 0.5) is 32.0 Å². The van der Waals surface area contributed by atoms with Gasteiger partial charge in [0, 0.05) is 16.5 Å². The van der Waals surface area contributed by atoms with Gasteiger partial charge in [-0.2, -0.15) is 31.3 Å². The molecule has 0 spiro atoms. The molecule has 0 unspecified atom stereocenters. The Morgan fingerprint density at radius 2 is 1.67 bits per heavy atom. The quantitative estimate of drug-likeness (QED) is 0.518. The first-order chi connectivity index (χ1) is 16.7. The molecule has 6 nitrogen and oxygen atoms in total. The SMILES string of the molecule is COc1ccccc1CC(=O)N=C1S[C@@H]2CS(=O)(=O)C[C@H]2N1c1cc(C(F)(F)F)cc(C(F)(F)F)c1. The third-order valence-corrected chi connectivity index (χ3v) is 8.88. The molecule has 4 rings (SSSR count). The zero-order chi connectivity index (χ0) is 26.5. The maximum absolute atomic E-state index is 13.5. The minimum absolute atomic E-state index is 0.0146. The van der Waals surface area contributed by atoms with E-state index >= 15 is 0 Å². The third-order valence-electron chi connectivity index (χ3n) is 5.67. The number of amidine groups is 1. The second-order valence-corrected chi connectivity index (χ2v) is 11.6. The van der Waals surface area contributed by atoms with Crippen molar-refractivity contribution in [3.63, 3.8) is 0 Å². The lowest BCUT2D eigenvalue weighted by Crippen LogP contribution is -2.38. The number of ether oxygens (including phenoxy) is 1. The molecular formula is C22H18F6N2O4S2. The zero-order valence-corrected chi connectivity index (χ0v) is 20.1. The van der Waals surface area contributed by atoms with Crippen LogP contribution in [-0.4, -0.2) is 49.4 Å². The zero-order valence-electron chi connectivity index (χ0n) is 18.4. The monoisotopic (exact) mass is 552 g/mol. The minimum Gasteiger partial charge on any atom is -0.496 e. The number of anilines is 1. The molecule has 2 saturated heterocycles. The van der Waals surface area contributed by atoms with Crippen LogP contribution < -0.4 is 9.64 Å². The number of halogens is 6. The van der Waals surface area contributed by atoms with E-state index in [1.165, 1.54) is 7.11 Å². The van der Waals surface area contributed by atoms with E-state index in [0.29, 0.717) is 23.4 Å². The standard InChI is InChI=1S/C22H18F6N2O4S2/c1-34-17-5-3-2-4-12(17)6-19(31)29-20-30(16-10-36(32,33)11-18(16)35-20)15-8-13(21(23,24)25)7-14(9-15)22(26,27)28/h2-5,7-9,16,18H,6,10-11H2,1H3/t16-,18-/m1/s1. The van der Waals surface area contributed by atoms with Gasteiger partial charge in [0.15, 0.2) is 15.0 Å². The van der Waals surface area contributed by atoms with Gasteiger partial charge in [0.2, 0.25) is 0 Å². The molecule has 0 N–H and O–H groups in total. The number of amides is 1. The summed E-state index contributed by atoms with van der Waals surface area (Å²) in [6.45, 7) is 0. The number of thioether (sulfide) groups is 1. The molecule has 14 heteroatoms. The lowest BCUT2D eigenvalue weighted by Gasteiger charge is -2.26. The van der Waals surface area contributed by atoms with E-state index in [-0.39, 0.29) is 23.4 Å². The first kappa shape index (κ1) is 26.3. The molecule has 0 bridgehead atoms. The second kappa shape index (κ2) is 9.29. The summed E-state index contributed by atoms with van der Waals surface area (Å²) in [7, 11) is -2.20. The van der Waals surface area contributed by atoms with Crippen molar-refractivity contribution in [3.05, 3.63) is 59.2 Å². The molecule has 0 saturated carbocycles. The molecule has 2 atom stereocenters. The van der Waals surface area contributed by atoms with Gasteiger partial charge >= 0.3 is 12.4 Å². The van der Waals surface area contributed by atoms with Crippen molar-refractivity contribution in [2.24, 2.45) is 4.99 Å². The summed E-state index contributed by atoms with van der Waals surface area (Å²) < 4.78 is 110. The van der Waals surface area contributed by atoms with E-state index in [9.17, 15) is 39.6 Å². The number of alkyl halides is 6. The van der Waals surface area contributed by atoms with Gasteiger partial charge in [0.25, 0.3) is 5.91 Å². The smallest absolute Gasteiger partial charge is 0.416 e. The number of methoxy groups -OCH3 is 1. The largest absolute Gasteiger partial charge is 0.496 e. The minimum atomic E-state index is -5.10. The maximum atomic E-state index is 13.5. The van der Waals surface area contributed by atoms with Crippen molar-refractivity contribution in [2.45, 2.75) is 30.1 Å². The van der Waals surface area contributed by atoms with Gasteiger partial charge < -0.3 is 9.64 Å². The third kappa shape index (κ3) is 5.48. The van der Waals surface area contributed by atoms with Gasteiger partial charge in [-0.15, -0.1) is 0 Å². The Balaban J connectivity index is 1.78. The molecule has 2 aliphatic rings. The van der Waals surface area contributed by atoms with Gasteiger partial charge in [-0.3, -0.25) is 4.79 Å². The number of fused-ring (bicyclic) bond motifs is 1. The first-order valence-corrected chi connectivity index (χ1v) is 13.1. The van der Waals surface area contributed by atoms with E-state index in [1.54, 1.807) is 24.3 Å². The summed E-state index contributed by atoms with van der Waals surface area (Å²) in [5, 5.41) is -0.871. The number of nitrogens with zero attached hydrogens (tertiary/aromatic N) is 2. The van der Waals surface area contributed by atoms with E-state index < -0.39 is 62.0 Å². The van der Waals surface area contributed by atoms with E-state index in [0.717, 1.165) is 16.7 Å². The lowest BCUT2D eigenvalue weighted by atomic mass is 10.1. The predicted octanol–water partition coefficient (Wildman–Crippen LogP) is 4.58. The highest BCUT2D eigenvalue weighted by molar-refractivity contribution is 8.16. The van der Waals surface area contributed by atoms with Crippen LogP contribution in [0.5, 0.6) is 5.75 Å². The van der Waals surface area contributed by atoms with Crippen LogP contribution >= 0.6 is 11.8 Å². The number of sulfone groups is 1. The Bertz CT molecular complexity index is 1290. The van der Waals surface area contributed by atoms with Gasteiger partial charge in [-0.1, -0.05) is 30.0 Å². The Morgan fingerprint density at radius 1 is 1.06 bits per heavy atom. The molecule has 194 valence electrons. The summed E-state index contributed by atoms with van der Waals surface area (Å²) in [6, 6.07) is 6.57. The fourth-order valence-electron chi connectivity index (χ4n) is 4.10. The molecule has 0 radical (unpaired) electrons. The topological polar surface area (TPSA) is 76.0 Å². The van der Waals surface area contributed by atoms with Gasteiger partial charge in [-0.25, -0.2) is 8.42 Å². The molecule has 36 heavy (non-hydrogen) atoms. The van der Waals surface area contributed by atoms with Crippen LogP contribution in [0.25, 0.3) is 0 Å². The highest BCUT2D eigenvalue weighted by Gasteiger charge is 2.50. The number of carbonyl (C=O) groups is 1. The summed E-state index contributed by atoms with van der Waals surface area (Å²) in [6.07, 6.45) is -10.4. The van der Waals surface area contributed by atoms with Gasteiger partial charge in [0.1, 0.15) is 5.75 Å².